The Morgan fingerprint density at radius 1 is 1.11 bits per heavy atom. The summed E-state index contributed by atoms with van der Waals surface area (Å²) >= 11 is 0. The van der Waals surface area contributed by atoms with Crippen molar-refractivity contribution < 1.29 is 14.6 Å². The van der Waals surface area contributed by atoms with Gasteiger partial charge in [0.25, 0.3) is 0 Å². The predicted molar refractivity (Wildman–Crippen MR) is 74.1 cm³/mol. The van der Waals surface area contributed by atoms with Crippen LogP contribution in [-0.2, 0) is 4.79 Å². The lowest BCUT2D eigenvalue weighted by molar-refractivity contribution is -0.134. The van der Waals surface area contributed by atoms with E-state index in [1.54, 1.807) is 12.1 Å². The molecule has 0 radical (unpaired) electrons. The summed E-state index contributed by atoms with van der Waals surface area (Å²) < 4.78 is 5.09. The molecule has 0 fully saturated rings. The molecule has 3 nitrogen and oxygen atoms in total. The van der Waals surface area contributed by atoms with Gasteiger partial charge in [-0.2, -0.15) is 0 Å². The van der Waals surface area contributed by atoms with Crippen LogP contribution in [0.3, 0.4) is 0 Å². The molecule has 0 bridgehead atoms. The number of ether oxygens (including phenoxy) is 1. The molecule has 3 heteroatoms. The third-order valence-corrected chi connectivity index (χ3v) is 2.74. The fourth-order valence-electron chi connectivity index (χ4n) is 1.79. The molecule has 2 aromatic carbocycles. The van der Waals surface area contributed by atoms with Crippen molar-refractivity contribution in [2.45, 2.75) is 19.8 Å². The first-order valence-electron chi connectivity index (χ1n) is 6.30. The van der Waals surface area contributed by atoms with Crippen LogP contribution in [0, 0.1) is 0 Å². The van der Waals surface area contributed by atoms with Crippen molar-refractivity contribution in [3.8, 4) is 22.6 Å². The SMILES string of the molecule is CCCC(=O)Oc1ccc(-c2ccccc2)cc1O. The van der Waals surface area contributed by atoms with E-state index in [-0.39, 0.29) is 17.5 Å². The van der Waals surface area contributed by atoms with E-state index < -0.39 is 0 Å². The number of hydrogen-bond donors (Lipinski definition) is 1. The highest BCUT2D eigenvalue weighted by atomic mass is 16.5. The Morgan fingerprint density at radius 2 is 1.84 bits per heavy atom. The molecule has 0 spiro atoms. The molecule has 0 atom stereocenters. The summed E-state index contributed by atoms with van der Waals surface area (Å²) in [5, 5.41) is 9.89. The number of phenols is 1. The summed E-state index contributed by atoms with van der Waals surface area (Å²) in [7, 11) is 0. The van der Waals surface area contributed by atoms with E-state index in [4.69, 9.17) is 4.74 Å². The van der Waals surface area contributed by atoms with E-state index in [2.05, 4.69) is 0 Å². The Labute approximate surface area is 112 Å². The number of rotatable bonds is 4. The van der Waals surface area contributed by atoms with E-state index in [1.165, 1.54) is 0 Å². The van der Waals surface area contributed by atoms with Gasteiger partial charge in [0.2, 0.25) is 0 Å². The largest absolute Gasteiger partial charge is 0.504 e. The summed E-state index contributed by atoms with van der Waals surface area (Å²) in [6.45, 7) is 1.90. The summed E-state index contributed by atoms with van der Waals surface area (Å²) in [5.41, 5.74) is 1.89. The Kier molecular flexibility index (Phi) is 4.18. The van der Waals surface area contributed by atoms with E-state index in [0.29, 0.717) is 6.42 Å². The molecule has 2 rings (SSSR count). The summed E-state index contributed by atoms with van der Waals surface area (Å²) in [4.78, 5) is 11.4. The monoisotopic (exact) mass is 256 g/mol. The molecular formula is C16H16O3. The van der Waals surface area contributed by atoms with Crippen LogP contribution in [0.5, 0.6) is 11.5 Å². The van der Waals surface area contributed by atoms with Crippen LogP contribution in [0.25, 0.3) is 11.1 Å². The van der Waals surface area contributed by atoms with E-state index in [9.17, 15) is 9.90 Å². The first kappa shape index (κ1) is 13.1. The van der Waals surface area contributed by atoms with Crippen molar-refractivity contribution in [3.05, 3.63) is 48.5 Å². The van der Waals surface area contributed by atoms with Gasteiger partial charge < -0.3 is 9.84 Å². The number of hydrogen-bond acceptors (Lipinski definition) is 3. The van der Waals surface area contributed by atoms with Gasteiger partial charge in [0.15, 0.2) is 11.5 Å². The maximum absolute atomic E-state index is 11.4. The lowest BCUT2D eigenvalue weighted by Crippen LogP contribution is -2.06. The van der Waals surface area contributed by atoms with Gasteiger partial charge in [0, 0.05) is 6.42 Å². The molecule has 0 aromatic heterocycles. The van der Waals surface area contributed by atoms with Crippen LogP contribution in [0.4, 0.5) is 0 Å². The molecule has 0 saturated carbocycles. The second-order valence-corrected chi connectivity index (χ2v) is 4.27. The highest BCUT2D eigenvalue weighted by Gasteiger charge is 2.09. The quantitative estimate of drug-likeness (QED) is 0.669. The second kappa shape index (κ2) is 6.05. The Bertz CT molecular complexity index is 561. The molecule has 1 N–H and O–H groups in total. The highest BCUT2D eigenvalue weighted by Crippen LogP contribution is 2.31. The van der Waals surface area contributed by atoms with Crippen molar-refractivity contribution >= 4 is 5.97 Å². The molecule has 0 aliphatic heterocycles. The van der Waals surface area contributed by atoms with Crippen LogP contribution in [-0.4, -0.2) is 11.1 Å². The van der Waals surface area contributed by atoms with Crippen molar-refractivity contribution in [1.82, 2.24) is 0 Å². The smallest absolute Gasteiger partial charge is 0.311 e. The second-order valence-electron chi connectivity index (χ2n) is 4.27. The minimum atomic E-state index is -0.328. The standard InChI is InChI=1S/C16H16O3/c1-2-6-16(18)19-15-10-9-13(11-14(15)17)12-7-4-3-5-8-12/h3-5,7-11,17H,2,6H2,1H3. The lowest BCUT2D eigenvalue weighted by Gasteiger charge is -2.08. The molecular weight excluding hydrogens is 240 g/mol. The lowest BCUT2D eigenvalue weighted by atomic mass is 10.1. The number of carbonyl (C=O) groups excluding carboxylic acids is 1. The number of carbonyl (C=O) groups is 1. The average molecular weight is 256 g/mol. The average Bonchev–Trinajstić information content (AvgIpc) is 2.42. The Hall–Kier alpha value is -2.29. The zero-order valence-electron chi connectivity index (χ0n) is 10.8. The predicted octanol–water partition coefficient (Wildman–Crippen LogP) is 3.76. The minimum absolute atomic E-state index is 0.0224. The molecule has 98 valence electrons. The number of benzene rings is 2. The maximum Gasteiger partial charge on any atom is 0.311 e. The topological polar surface area (TPSA) is 46.5 Å². The van der Waals surface area contributed by atoms with Gasteiger partial charge >= 0.3 is 5.97 Å². The molecule has 2 aromatic rings. The van der Waals surface area contributed by atoms with E-state index >= 15 is 0 Å². The van der Waals surface area contributed by atoms with E-state index in [0.717, 1.165) is 17.5 Å². The molecule has 0 heterocycles. The number of aromatic hydroxyl groups is 1. The van der Waals surface area contributed by atoms with Gasteiger partial charge in [-0.05, 0) is 29.7 Å². The Balaban J connectivity index is 2.20. The van der Waals surface area contributed by atoms with Gasteiger partial charge in [-0.1, -0.05) is 43.3 Å². The van der Waals surface area contributed by atoms with Crippen molar-refractivity contribution in [2.75, 3.05) is 0 Å². The van der Waals surface area contributed by atoms with Gasteiger partial charge in [0.05, 0.1) is 0 Å². The van der Waals surface area contributed by atoms with Crippen molar-refractivity contribution in [1.29, 1.82) is 0 Å². The first-order valence-corrected chi connectivity index (χ1v) is 6.30. The normalized spacial score (nSPS) is 10.2. The van der Waals surface area contributed by atoms with Gasteiger partial charge in [-0.25, -0.2) is 0 Å². The zero-order chi connectivity index (χ0) is 13.7. The molecule has 19 heavy (non-hydrogen) atoms. The molecule has 0 unspecified atom stereocenters. The van der Waals surface area contributed by atoms with Gasteiger partial charge in [-0.3, -0.25) is 4.79 Å². The molecule has 0 amide bonds. The van der Waals surface area contributed by atoms with Crippen LogP contribution < -0.4 is 4.74 Å². The van der Waals surface area contributed by atoms with Crippen LogP contribution in [0.1, 0.15) is 19.8 Å². The Morgan fingerprint density at radius 3 is 2.47 bits per heavy atom. The zero-order valence-corrected chi connectivity index (χ0v) is 10.8. The molecule has 0 saturated heterocycles. The summed E-state index contributed by atoms with van der Waals surface area (Å²) in [6.07, 6.45) is 1.07. The summed E-state index contributed by atoms with van der Waals surface area (Å²) in [6, 6.07) is 14.8. The molecule has 0 aliphatic rings. The third-order valence-electron chi connectivity index (χ3n) is 2.74. The van der Waals surface area contributed by atoms with Gasteiger partial charge in [-0.15, -0.1) is 0 Å². The number of phenolic OH excluding ortho intramolecular Hbond substituents is 1. The van der Waals surface area contributed by atoms with E-state index in [1.807, 2.05) is 43.3 Å². The third kappa shape index (κ3) is 3.35. The first-order chi connectivity index (χ1) is 9.20. The van der Waals surface area contributed by atoms with Crippen LogP contribution in [0.15, 0.2) is 48.5 Å². The highest BCUT2D eigenvalue weighted by molar-refractivity contribution is 5.74. The number of esters is 1. The fourth-order valence-corrected chi connectivity index (χ4v) is 1.79. The summed E-state index contributed by atoms with van der Waals surface area (Å²) in [5.74, 6) is -0.144. The fraction of sp³-hybridized carbons (Fsp3) is 0.188. The van der Waals surface area contributed by atoms with Crippen LogP contribution in [0.2, 0.25) is 0 Å². The van der Waals surface area contributed by atoms with Crippen LogP contribution >= 0.6 is 0 Å². The van der Waals surface area contributed by atoms with Crippen molar-refractivity contribution in [3.63, 3.8) is 0 Å². The maximum atomic E-state index is 11.4. The van der Waals surface area contributed by atoms with Crippen molar-refractivity contribution in [2.24, 2.45) is 0 Å². The molecule has 0 aliphatic carbocycles. The minimum Gasteiger partial charge on any atom is -0.504 e. The van der Waals surface area contributed by atoms with Gasteiger partial charge in [0.1, 0.15) is 0 Å².